The summed E-state index contributed by atoms with van der Waals surface area (Å²) in [7, 11) is 0. The lowest BCUT2D eigenvalue weighted by Crippen LogP contribution is -1.98. The van der Waals surface area contributed by atoms with Gasteiger partial charge in [-0.05, 0) is 205 Å². The van der Waals surface area contributed by atoms with Gasteiger partial charge < -0.3 is 14.2 Å². The van der Waals surface area contributed by atoms with Crippen molar-refractivity contribution in [2.45, 2.75) is 72.1 Å². The number of terminal acetylenes is 2. The van der Waals surface area contributed by atoms with Crippen LogP contribution in [0.25, 0.3) is 94.8 Å². The SMILES string of the molecule is C#CC#CC#CC#CC#COc1ccc2c(-c3ccc4cc(-c5cc(/C=C/C)c(OC#CC#CC#C)cc5/C=C/c5ccc(C)cc5)ccc4c3)c3cc(OCCCCCCCCCC)ccc3c(-c3ccc4ncccc4c3)c2c1. The molecule has 0 saturated heterocycles. The monoisotopic (exact) mass is 1040 g/mol. The first kappa shape index (κ1) is 55.1. The molecule has 8 aromatic carbocycles. The summed E-state index contributed by atoms with van der Waals surface area (Å²) in [5, 5.41) is 7.39. The van der Waals surface area contributed by atoms with Crippen molar-refractivity contribution in [1.82, 2.24) is 4.98 Å². The Kier molecular flexibility index (Phi) is 19.1. The quantitative estimate of drug-likeness (QED) is 0.0372. The maximum Gasteiger partial charge on any atom is 0.148 e. The normalized spacial score (nSPS) is 10.4. The Balaban J connectivity index is 1.17. The predicted molar refractivity (Wildman–Crippen MR) is 339 cm³/mol. The van der Waals surface area contributed by atoms with Crippen molar-refractivity contribution in [3.63, 3.8) is 0 Å². The molecule has 9 rings (SSSR count). The van der Waals surface area contributed by atoms with Crippen LogP contribution in [0.15, 0.2) is 152 Å². The number of aryl methyl sites for hydroxylation is 1. The summed E-state index contributed by atoms with van der Waals surface area (Å²) in [5.74, 6) is 32.7. The molecule has 81 heavy (non-hydrogen) atoms. The molecule has 4 heteroatoms. The van der Waals surface area contributed by atoms with Crippen molar-refractivity contribution in [3.05, 3.63) is 174 Å². The second-order valence-corrected chi connectivity index (χ2v) is 19.3. The van der Waals surface area contributed by atoms with Gasteiger partial charge in [-0.3, -0.25) is 4.98 Å². The number of nitrogens with zero attached hydrogens (tertiary/aromatic N) is 1. The number of unbranched alkanes of at least 4 members (excludes halogenated alkanes) is 7. The summed E-state index contributed by atoms with van der Waals surface area (Å²) < 4.78 is 18.7. The van der Waals surface area contributed by atoms with E-state index in [1.165, 1.54) is 44.1 Å². The number of hydrogen-bond donors (Lipinski definition) is 0. The van der Waals surface area contributed by atoms with Crippen molar-refractivity contribution >= 4 is 61.4 Å². The zero-order valence-electron chi connectivity index (χ0n) is 45.9. The van der Waals surface area contributed by atoms with E-state index < -0.39 is 0 Å². The molecular formula is C77H57NO3. The Morgan fingerprint density at radius 2 is 1.07 bits per heavy atom. The van der Waals surface area contributed by atoms with Crippen LogP contribution < -0.4 is 14.2 Å². The number of allylic oxidation sites excluding steroid dienone is 1. The number of pyridine rings is 1. The van der Waals surface area contributed by atoms with E-state index in [0.717, 1.165) is 112 Å². The van der Waals surface area contributed by atoms with Crippen molar-refractivity contribution in [1.29, 1.82) is 0 Å². The van der Waals surface area contributed by atoms with Gasteiger partial charge in [0.15, 0.2) is 0 Å². The highest BCUT2D eigenvalue weighted by Crippen LogP contribution is 2.47. The lowest BCUT2D eigenvalue weighted by Gasteiger charge is -2.20. The Bertz CT molecular complexity index is 4390. The largest absolute Gasteiger partial charge is 0.494 e. The van der Waals surface area contributed by atoms with Gasteiger partial charge >= 0.3 is 0 Å². The lowest BCUT2D eigenvalue weighted by molar-refractivity contribution is 0.304. The van der Waals surface area contributed by atoms with Gasteiger partial charge in [0.1, 0.15) is 29.5 Å². The van der Waals surface area contributed by atoms with E-state index in [0.29, 0.717) is 18.1 Å². The molecule has 0 bridgehead atoms. The minimum Gasteiger partial charge on any atom is -0.494 e. The second kappa shape index (κ2) is 28.1. The highest BCUT2D eigenvalue weighted by molar-refractivity contribution is 6.22. The summed E-state index contributed by atoms with van der Waals surface area (Å²) in [5.41, 5.74) is 11.4. The minimum absolute atomic E-state index is 0.570. The van der Waals surface area contributed by atoms with Crippen molar-refractivity contribution < 1.29 is 14.2 Å². The average molecular weight is 1040 g/mol. The maximum atomic E-state index is 6.62. The van der Waals surface area contributed by atoms with Crippen LogP contribution in [0.1, 0.15) is 87.5 Å². The van der Waals surface area contributed by atoms with Gasteiger partial charge in [0.2, 0.25) is 0 Å². The number of rotatable bonds is 18. The Morgan fingerprint density at radius 3 is 1.78 bits per heavy atom. The zero-order chi connectivity index (χ0) is 56.0. The highest BCUT2D eigenvalue weighted by atomic mass is 16.5. The van der Waals surface area contributed by atoms with Crippen LogP contribution in [0.2, 0.25) is 0 Å². The van der Waals surface area contributed by atoms with Crippen LogP contribution >= 0.6 is 0 Å². The van der Waals surface area contributed by atoms with E-state index in [1.807, 2.05) is 43.5 Å². The van der Waals surface area contributed by atoms with Crippen LogP contribution in [0.5, 0.6) is 17.2 Å². The molecule has 0 atom stereocenters. The molecule has 388 valence electrons. The van der Waals surface area contributed by atoms with E-state index in [-0.39, 0.29) is 0 Å². The third-order valence-electron chi connectivity index (χ3n) is 13.8. The van der Waals surface area contributed by atoms with Crippen LogP contribution in [-0.2, 0) is 0 Å². The predicted octanol–water partition coefficient (Wildman–Crippen LogP) is 17.7. The zero-order valence-corrected chi connectivity index (χ0v) is 45.9. The van der Waals surface area contributed by atoms with Crippen molar-refractivity contribution in [3.8, 4) is 147 Å². The van der Waals surface area contributed by atoms with Gasteiger partial charge in [-0.1, -0.05) is 148 Å². The van der Waals surface area contributed by atoms with Crippen LogP contribution in [0, 0.1) is 103 Å². The fourth-order valence-electron chi connectivity index (χ4n) is 9.93. The minimum atomic E-state index is 0.570. The summed E-state index contributed by atoms with van der Waals surface area (Å²) in [6.45, 7) is 6.98. The first-order valence-corrected chi connectivity index (χ1v) is 27.3. The fourth-order valence-corrected chi connectivity index (χ4v) is 9.93. The second-order valence-electron chi connectivity index (χ2n) is 19.3. The number of benzene rings is 8. The van der Waals surface area contributed by atoms with Crippen molar-refractivity contribution in [2.24, 2.45) is 0 Å². The number of hydrogen-bond acceptors (Lipinski definition) is 4. The molecule has 1 aromatic heterocycles. The number of ether oxygens (including phenoxy) is 3. The van der Waals surface area contributed by atoms with E-state index in [9.17, 15) is 0 Å². The topological polar surface area (TPSA) is 40.6 Å². The standard InChI is InChI=1S/C77H57NO3/c1-6-10-13-16-18-20-22-25-47-79-67-42-44-70-72(55-67)76(69-43-41-68(80-48-26-23-21-19-17-14-11-7-2)56-73(69)77(70)66-40-45-74-63(52-66)29-27-46-78-74)65-39-37-59-50-61(38-36-60(59)51-65)71-53-64(28-9-4)75(81-49-24-15-12-8-3)54-62(71)35-34-58-32-30-57(5)31-33-58/h2-3,9,27-46,50-56H,6,10,13,16,18,20,22,25,47H2,1,4-5H3/b28-9+,35-34+. The van der Waals surface area contributed by atoms with Crippen LogP contribution in [0.4, 0.5) is 0 Å². The van der Waals surface area contributed by atoms with Gasteiger partial charge in [-0.2, -0.15) is 0 Å². The molecule has 9 aromatic rings. The summed E-state index contributed by atoms with van der Waals surface area (Å²) >= 11 is 0. The molecule has 0 aliphatic carbocycles. The molecule has 1 heterocycles. The van der Waals surface area contributed by atoms with Gasteiger partial charge in [0.05, 0.1) is 12.1 Å². The molecule has 0 saturated carbocycles. The average Bonchev–Trinajstić information content (AvgIpc) is 3.23. The molecule has 0 N–H and O–H groups in total. The summed E-state index contributed by atoms with van der Waals surface area (Å²) in [4.78, 5) is 4.65. The summed E-state index contributed by atoms with van der Waals surface area (Å²) in [6.07, 6.45) is 35.9. The third kappa shape index (κ3) is 14.3. The fraction of sp³-hybridized carbons (Fsp3) is 0.156. The smallest absolute Gasteiger partial charge is 0.148 e. The molecule has 0 radical (unpaired) electrons. The van der Waals surface area contributed by atoms with Gasteiger partial charge in [0.25, 0.3) is 0 Å². The van der Waals surface area contributed by atoms with Gasteiger partial charge in [-0.15, -0.1) is 12.8 Å². The Morgan fingerprint density at radius 1 is 0.481 bits per heavy atom. The Labute approximate surface area is 477 Å². The Hall–Kier alpha value is -10.7. The number of aromatic nitrogens is 1. The maximum absolute atomic E-state index is 6.62. The van der Waals surface area contributed by atoms with Gasteiger partial charge in [0, 0.05) is 52.7 Å². The van der Waals surface area contributed by atoms with E-state index in [4.69, 9.17) is 27.1 Å². The first-order valence-electron chi connectivity index (χ1n) is 27.3. The molecule has 4 nitrogen and oxygen atoms in total. The van der Waals surface area contributed by atoms with E-state index >= 15 is 0 Å². The summed E-state index contributed by atoms with van der Waals surface area (Å²) in [6, 6.07) is 49.3. The first-order chi connectivity index (χ1) is 39.9. The molecule has 0 unspecified atom stereocenters. The number of fused-ring (bicyclic) bond motifs is 4. The van der Waals surface area contributed by atoms with Gasteiger partial charge in [-0.25, -0.2) is 0 Å². The third-order valence-corrected chi connectivity index (χ3v) is 13.8. The highest BCUT2D eigenvalue weighted by Gasteiger charge is 2.20. The lowest BCUT2D eigenvalue weighted by atomic mass is 9.85. The molecular weight excluding hydrogens is 987 g/mol. The molecule has 0 amide bonds. The molecule has 0 spiro atoms. The molecule has 0 fully saturated rings. The van der Waals surface area contributed by atoms with Crippen molar-refractivity contribution in [2.75, 3.05) is 6.61 Å². The van der Waals surface area contributed by atoms with Crippen LogP contribution in [0.3, 0.4) is 0 Å². The van der Waals surface area contributed by atoms with E-state index in [1.54, 1.807) is 0 Å². The molecule has 0 aliphatic heterocycles. The molecule has 0 aliphatic rings. The van der Waals surface area contributed by atoms with E-state index in [2.05, 4.69) is 236 Å². The van der Waals surface area contributed by atoms with Crippen LogP contribution in [-0.4, -0.2) is 11.6 Å².